The van der Waals surface area contributed by atoms with E-state index in [1.165, 1.54) is 0 Å². The number of anilines is 1. The van der Waals surface area contributed by atoms with Crippen molar-refractivity contribution < 1.29 is 8.78 Å². The molecule has 0 aliphatic carbocycles. The van der Waals surface area contributed by atoms with Gasteiger partial charge in [0.2, 0.25) is 5.96 Å². The number of rotatable bonds is 4. The van der Waals surface area contributed by atoms with Gasteiger partial charge in [-0.15, -0.1) is 0 Å². The molecule has 0 fully saturated rings. The third-order valence-corrected chi connectivity index (χ3v) is 2.52. The number of thioether (sulfide) groups is 1. The Hall–Kier alpha value is -1.34. The number of nitrogens with one attached hydrogen (secondary N) is 2. The molecule has 17 heavy (non-hydrogen) atoms. The third-order valence-electron chi connectivity index (χ3n) is 1.80. The lowest BCUT2D eigenvalue weighted by molar-refractivity contribution is 0.252. The minimum Gasteiger partial charge on any atom is -0.325 e. The molecule has 0 unspecified atom stereocenters. The number of aliphatic imine (C=N–C) groups is 1. The molecule has 0 radical (unpaired) electrons. The zero-order chi connectivity index (χ0) is 12.7. The van der Waals surface area contributed by atoms with E-state index in [-0.39, 0.29) is 0 Å². The fourth-order valence-electron chi connectivity index (χ4n) is 1.14. The number of nitrogens with zero attached hydrogens (tertiary/aromatic N) is 1. The van der Waals surface area contributed by atoms with Crippen LogP contribution in [0.25, 0.3) is 0 Å². The van der Waals surface area contributed by atoms with E-state index >= 15 is 0 Å². The monoisotopic (exact) mass is 260 g/mol. The van der Waals surface area contributed by atoms with Gasteiger partial charge in [-0.2, -0.15) is 8.78 Å². The van der Waals surface area contributed by atoms with Crippen molar-refractivity contribution in [2.45, 2.75) is 17.6 Å². The van der Waals surface area contributed by atoms with Crippen molar-refractivity contribution in [1.29, 1.82) is 0 Å². The fraction of sp³-hybridized carbons (Fsp3) is 0.300. The van der Waals surface area contributed by atoms with Gasteiger partial charge < -0.3 is 5.32 Å². The van der Waals surface area contributed by atoms with Gasteiger partial charge in [-0.1, -0.05) is 11.8 Å². The molecule has 1 aromatic carbocycles. The Morgan fingerprint density at radius 3 is 2.53 bits per heavy atom. The van der Waals surface area contributed by atoms with Gasteiger partial charge >= 0.3 is 0 Å². The van der Waals surface area contributed by atoms with Crippen LogP contribution in [0.3, 0.4) is 0 Å². The Morgan fingerprint density at radius 1 is 1.41 bits per heavy atom. The van der Waals surface area contributed by atoms with Crippen LogP contribution in [0.2, 0.25) is 0 Å². The summed E-state index contributed by atoms with van der Waals surface area (Å²) in [5.74, 6) is 3.28. The zero-order valence-electron chi connectivity index (χ0n) is 9.28. The molecule has 0 aliphatic heterocycles. The lowest BCUT2D eigenvalue weighted by Gasteiger charge is -2.09. The van der Waals surface area contributed by atoms with Gasteiger partial charge in [-0.25, -0.2) is 5.84 Å². The number of guanidine groups is 1. The Bertz CT molecular complexity index is 367. The van der Waals surface area contributed by atoms with Crippen molar-refractivity contribution >= 4 is 23.4 Å². The van der Waals surface area contributed by atoms with E-state index in [2.05, 4.69) is 15.7 Å². The lowest BCUT2D eigenvalue weighted by atomic mass is 10.3. The van der Waals surface area contributed by atoms with Crippen molar-refractivity contribution in [3.63, 3.8) is 0 Å². The highest BCUT2D eigenvalue weighted by Crippen LogP contribution is 2.25. The molecule has 0 saturated carbocycles. The molecule has 0 aromatic heterocycles. The molecule has 0 saturated heterocycles. The maximum absolute atomic E-state index is 12.1. The molecule has 0 heterocycles. The van der Waals surface area contributed by atoms with Gasteiger partial charge in [0.25, 0.3) is 5.76 Å². The quantitative estimate of drug-likeness (QED) is 0.255. The van der Waals surface area contributed by atoms with Crippen molar-refractivity contribution in [2.24, 2.45) is 10.8 Å². The molecule has 0 amide bonds. The average Bonchev–Trinajstić information content (AvgIpc) is 2.30. The van der Waals surface area contributed by atoms with Crippen LogP contribution in [0.1, 0.15) is 6.92 Å². The predicted molar refractivity (Wildman–Crippen MR) is 67.2 cm³/mol. The first-order valence-electron chi connectivity index (χ1n) is 4.98. The zero-order valence-corrected chi connectivity index (χ0v) is 10.1. The molecular formula is C10H14F2N4S. The van der Waals surface area contributed by atoms with E-state index in [1.54, 1.807) is 24.3 Å². The highest BCUT2D eigenvalue weighted by molar-refractivity contribution is 7.99. The number of hydrogen-bond acceptors (Lipinski definition) is 3. The van der Waals surface area contributed by atoms with Crippen LogP contribution in [0.15, 0.2) is 34.2 Å². The minimum absolute atomic E-state index is 0.432. The number of alkyl halides is 2. The van der Waals surface area contributed by atoms with Gasteiger partial charge in [-0.3, -0.25) is 10.4 Å². The number of halogens is 2. The smallest absolute Gasteiger partial charge is 0.288 e. The second kappa shape index (κ2) is 7.08. The number of hydrogen-bond donors (Lipinski definition) is 3. The fourth-order valence-corrected chi connectivity index (χ4v) is 1.63. The molecule has 0 bridgehead atoms. The van der Waals surface area contributed by atoms with Crippen molar-refractivity contribution in [3.05, 3.63) is 24.3 Å². The summed E-state index contributed by atoms with van der Waals surface area (Å²) < 4.78 is 24.2. The molecule has 94 valence electrons. The Balaban J connectivity index is 2.64. The molecule has 1 aromatic rings. The standard InChI is InChI=1S/C10H14F2N4S/c1-2-14-10(16-13)15-7-3-5-8(6-4-7)17-9(11)12/h3-6,9H,2,13H2,1H3,(H2,14,15,16). The van der Waals surface area contributed by atoms with Gasteiger partial charge in [0.1, 0.15) is 0 Å². The van der Waals surface area contributed by atoms with Crippen LogP contribution >= 0.6 is 11.8 Å². The van der Waals surface area contributed by atoms with Crippen LogP contribution < -0.4 is 16.6 Å². The average molecular weight is 260 g/mol. The molecule has 4 N–H and O–H groups in total. The van der Waals surface area contributed by atoms with Crippen LogP contribution in [-0.2, 0) is 0 Å². The maximum Gasteiger partial charge on any atom is 0.288 e. The van der Waals surface area contributed by atoms with E-state index in [1.807, 2.05) is 6.92 Å². The molecule has 7 heteroatoms. The first-order valence-corrected chi connectivity index (χ1v) is 5.86. The summed E-state index contributed by atoms with van der Waals surface area (Å²) in [5.41, 5.74) is 3.14. The summed E-state index contributed by atoms with van der Waals surface area (Å²) in [6, 6.07) is 6.60. The van der Waals surface area contributed by atoms with E-state index in [0.29, 0.717) is 29.2 Å². The predicted octanol–water partition coefficient (Wildman–Crippen LogP) is 2.25. The SMILES string of the molecule is CCN=C(NN)Nc1ccc(SC(F)F)cc1. The summed E-state index contributed by atoms with van der Waals surface area (Å²) in [4.78, 5) is 4.57. The van der Waals surface area contributed by atoms with Crippen LogP contribution in [-0.4, -0.2) is 18.3 Å². The van der Waals surface area contributed by atoms with Crippen LogP contribution in [0, 0.1) is 0 Å². The summed E-state index contributed by atoms with van der Waals surface area (Å²) in [5, 5.41) is 2.93. The Morgan fingerprint density at radius 2 is 2.06 bits per heavy atom. The second-order valence-corrected chi connectivity index (χ2v) is 4.06. The summed E-state index contributed by atoms with van der Waals surface area (Å²) in [6.45, 7) is 2.47. The lowest BCUT2D eigenvalue weighted by Crippen LogP contribution is -2.36. The van der Waals surface area contributed by atoms with E-state index in [0.717, 1.165) is 5.69 Å². The van der Waals surface area contributed by atoms with E-state index in [4.69, 9.17) is 5.84 Å². The molecule has 0 spiro atoms. The highest BCUT2D eigenvalue weighted by Gasteiger charge is 2.05. The normalized spacial score (nSPS) is 11.7. The molecule has 1 rings (SSSR count). The van der Waals surface area contributed by atoms with Gasteiger partial charge in [-0.05, 0) is 31.2 Å². The van der Waals surface area contributed by atoms with Crippen molar-refractivity contribution in [1.82, 2.24) is 5.43 Å². The molecule has 0 aliphatic rings. The maximum atomic E-state index is 12.1. The second-order valence-electron chi connectivity index (χ2n) is 3.00. The molecular weight excluding hydrogens is 246 g/mol. The summed E-state index contributed by atoms with van der Waals surface area (Å²) in [6.07, 6.45) is 0. The Labute approximate surface area is 103 Å². The van der Waals surface area contributed by atoms with Crippen molar-refractivity contribution in [2.75, 3.05) is 11.9 Å². The molecule has 0 atom stereocenters. The topological polar surface area (TPSA) is 62.4 Å². The van der Waals surface area contributed by atoms with Gasteiger partial charge in [0.15, 0.2) is 0 Å². The minimum atomic E-state index is -2.41. The van der Waals surface area contributed by atoms with Crippen LogP contribution in [0.4, 0.5) is 14.5 Å². The first kappa shape index (κ1) is 13.7. The number of hydrazine groups is 1. The summed E-state index contributed by atoms with van der Waals surface area (Å²) in [7, 11) is 0. The van der Waals surface area contributed by atoms with Crippen LogP contribution in [0.5, 0.6) is 0 Å². The number of benzene rings is 1. The first-order chi connectivity index (χ1) is 8.15. The number of nitrogens with two attached hydrogens (primary N) is 1. The van der Waals surface area contributed by atoms with Crippen molar-refractivity contribution in [3.8, 4) is 0 Å². The third kappa shape index (κ3) is 5.01. The summed E-state index contributed by atoms with van der Waals surface area (Å²) >= 11 is 0.510. The Kier molecular flexibility index (Phi) is 5.71. The van der Waals surface area contributed by atoms with E-state index in [9.17, 15) is 8.78 Å². The van der Waals surface area contributed by atoms with Gasteiger partial charge in [0, 0.05) is 17.1 Å². The largest absolute Gasteiger partial charge is 0.325 e. The van der Waals surface area contributed by atoms with E-state index < -0.39 is 5.76 Å². The van der Waals surface area contributed by atoms with Gasteiger partial charge in [0.05, 0.1) is 0 Å². The molecule has 4 nitrogen and oxygen atoms in total. The highest BCUT2D eigenvalue weighted by atomic mass is 32.2.